The molecule has 80 valence electrons. The fraction of sp³-hybridized carbons (Fsp3) is 0.333. The zero-order valence-electron chi connectivity index (χ0n) is 8.86. The topological polar surface area (TPSA) is 20.2 Å². The zero-order valence-corrected chi connectivity index (χ0v) is 10.5. The third-order valence-corrected chi connectivity index (χ3v) is 4.29. The molecule has 3 heteroatoms. The van der Waals surface area contributed by atoms with Crippen LogP contribution in [0.25, 0.3) is 0 Å². The van der Waals surface area contributed by atoms with Gasteiger partial charge in [-0.2, -0.15) is 0 Å². The Balaban J connectivity index is 2.14. The van der Waals surface area contributed by atoms with Gasteiger partial charge >= 0.3 is 0 Å². The van der Waals surface area contributed by atoms with Gasteiger partial charge in [0.2, 0.25) is 0 Å². The van der Waals surface area contributed by atoms with Gasteiger partial charge in [0.25, 0.3) is 0 Å². The van der Waals surface area contributed by atoms with E-state index in [1.807, 2.05) is 11.4 Å². The van der Waals surface area contributed by atoms with Crippen molar-refractivity contribution in [1.82, 2.24) is 0 Å². The van der Waals surface area contributed by atoms with Gasteiger partial charge in [0.1, 0.15) is 0 Å². The Hall–Kier alpha value is -0.640. The molecule has 2 rings (SSSR count). The summed E-state index contributed by atoms with van der Waals surface area (Å²) in [5, 5.41) is 12.1. The Morgan fingerprint density at radius 1 is 1.40 bits per heavy atom. The van der Waals surface area contributed by atoms with E-state index in [0.717, 1.165) is 12.0 Å². The Morgan fingerprint density at radius 2 is 2.20 bits per heavy atom. The number of aliphatic hydroxyl groups excluding tert-OH is 1. The van der Waals surface area contributed by atoms with Gasteiger partial charge in [-0.1, -0.05) is 6.07 Å². The predicted octanol–water partition coefficient (Wildman–Crippen LogP) is 3.70. The first kappa shape index (κ1) is 10.9. The third kappa shape index (κ3) is 2.48. The average molecular weight is 238 g/mol. The SMILES string of the molecule is Cc1cc(C(O)Cc2cccs2)c(C)s1. The van der Waals surface area contributed by atoms with Gasteiger partial charge in [0.15, 0.2) is 0 Å². The van der Waals surface area contributed by atoms with E-state index in [4.69, 9.17) is 0 Å². The number of rotatable bonds is 3. The van der Waals surface area contributed by atoms with E-state index in [9.17, 15) is 5.11 Å². The lowest BCUT2D eigenvalue weighted by Gasteiger charge is -2.08. The van der Waals surface area contributed by atoms with Crippen molar-refractivity contribution in [3.05, 3.63) is 43.8 Å². The first-order valence-electron chi connectivity index (χ1n) is 4.94. The van der Waals surface area contributed by atoms with Crippen LogP contribution in [0.5, 0.6) is 0 Å². The molecule has 0 aliphatic rings. The van der Waals surface area contributed by atoms with Crippen molar-refractivity contribution < 1.29 is 5.11 Å². The van der Waals surface area contributed by atoms with Crippen LogP contribution >= 0.6 is 22.7 Å². The van der Waals surface area contributed by atoms with E-state index >= 15 is 0 Å². The predicted molar refractivity (Wildman–Crippen MR) is 66.8 cm³/mol. The van der Waals surface area contributed by atoms with Gasteiger partial charge in [-0.05, 0) is 36.9 Å². The van der Waals surface area contributed by atoms with E-state index in [1.54, 1.807) is 22.7 Å². The van der Waals surface area contributed by atoms with Crippen molar-refractivity contribution >= 4 is 22.7 Å². The Morgan fingerprint density at radius 3 is 2.73 bits per heavy atom. The van der Waals surface area contributed by atoms with E-state index < -0.39 is 0 Å². The van der Waals surface area contributed by atoms with Crippen LogP contribution < -0.4 is 0 Å². The summed E-state index contributed by atoms with van der Waals surface area (Å²) in [5.74, 6) is 0. The largest absolute Gasteiger partial charge is 0.388 e. The molecule has 0 aliphatic carbocycles. The molecule has 1 N–H and O–H groups in total. The van der Waals surface area contributed by atoms with Crippen LogP contribution in [-0.2, 0) is 6.42 Å². The lowest BCUT2D eigenvalue weighted by molar-refractivity contribution is 0.179. The van der Waals surface area contributed by atoms with Crippen LogP contribution in [0.3, 0.4) is 0 Å². The van der Waals surface area contributed by atoms with Gasteiger partial charge < -0.3 is 5.11 Å². The second-order valence-corrected chi connectivity index (χ2v) is 6.16. The van der Waals surface area contributed by atoms with Crippen LogP contribution in [0.2, 0.25) is 0 Å². The van der Waals surface area contributed by atoms with Crippen molar-refractivity contribution in [3.8, 4) is 0 Å². The number of aryl methyl sites for hydroxylation is 2. The molecule has 0 aromatic carbocycles. The molecule has 1 nitrogen and oxygen atoms in total. The van der Waals surface area contributed by atoms with Crippen molar-refractivity contribution in [2.75, 3.05) is 0 Å². The monoisotopic (exact) mass is 238 g/mol. The molecule has 0 amide bonds. The molecule has 2 heterocycles. The maximum atomic E-state index is 10.1. The molecule has 2 aromatic heterocycles. The first-order valence-corrected chi connectivity index (χ1v) is 6.64. The highest BCUT2D eigenvalue weighted by Crippen LogP contribution is 2.29. The smallest absolute Gasteiger partial charge is 0.0848 e. The van der Waals surface area contributed by atoms with Crippen molar-refractivity contribution in [2.24, 2.45) is 0 Å². The lowest BCUT2D eigenvalue weighted by atomic mass is 10.1. The summed E-state index contributed by atoms with van der Waals surface area (Å²) in [6.07, 6.45) is 0.378. The molecular formula is C12H14OS2. The summed E-state index contributed by atoms with van der Waals surface area (Å²) in [5.41, 5.74) is 1.09. The lowest BCUT2D eigenvalue weighted by Crippen LogP contribution is -2.00. The summed E-state index contributed by atoms with van der Waals surface area (Å²) in [6, 6.07) is 6.19. The summed E-state index contributed by atoms with van der Waals surface area (Å²) < 4.78 is 0. The van der Waals surface area contributed by atoms with Gasteiger partial charge in [0.05, 0.1) is 6.10 Å². The molecule has 15 heavy (non-hydrogen) atoms. The Bertz CT molecular complexity index is 428. The summed E-state index contributed by atoms with van der Waals surface area (Å²) in [4.78, 5) is 3.75. The molecule has 0 radical (unpaired) electrons. The standard InChI is InChI=1S/C12H14OS2/c1-8-6-11(9(2)15-8)12(13)7-10-4-3-5-14-10/h3-6,12-13H,7H2,1-2H3. The molecular weight excluding hydrogens is 224 g/mol. The molecule has 0 fully saturated rings. The number of hydrogen-bond donors (Lipinski definition) is 1. The summed E-state index contributed by atoms with van der Waals surface area (Å²) >= 11 is 3.46. The van der Waals surface area contributed by atoms with Gasteiger partial charge in [-0.15, -0.1) is 22.7 Å². The highest BCUT2D eigenvalue weighted by atomic mass is 32.1. The summed E-state index contributed by atoms with van der Waals surface area (Å²) in [7, 11) is 0. The van der Waals surface area contributed by atoms with Crippen LogP contribution in [0.15, 0.2) is 23.6 Å². The van der Waals surface area contributed by atoms with Gasteiger partial charge in [0, 0.05) is 21.1 Å². The van der Waals surface area contributed by atoms with E-state index in [1.165, 1.54) is 14.6 Å². The van der Waals surface area contributed by atoms with E-state index in [0.29, 0.717) is 0 Å². The molecule has 1 unspecified atom stereocenters. The normalized spacial score (nSPS) is 13.0. The number of thiophene rings is 2. The minimum Gasteiger partial charge on any atom is -0.388 e. The second-order valence-electron chi connectivity index (χ2n) is 3.67. The first-order chi connectivity index (χ1) is 7.16. The average Bonchev–Trinajstić information content (AvgIpc) is 2.75. The molecule has 1 atom stereocenters. The molecule has 0 saturated carbocycles. The van der Waals surface area contributed by atoms with Crippen molar-refractivity contribution in [3.63, 3.8) is 0 Å². The quantitative estimate of drug-likeness (QED) is 0.864. The molecule has 2 aromatic rings. The van der Waals surface area contributed by atoms with Crippen LogP contribution in [-0.4, -0.2) is 5.11 Å². The van der Waals surface area contributed by atoms with Crippen molar-refractivity contribution in [2.45, 2.75) is 26.4 Å². The fourth-order valence-electron chi connectivity index (χ4n) is 1.71. The fourth-order valence-corrected chi connectivity index (χ4v) is 3.44. The van der Waals surface area contributed by atoms with E-state index in [2.05, 4.69) is 26.0 Å². The second kappa shape index (κ2) is 4.47. The third-order valence-electron chi connectivity index (χ3n) is 2.41. The van der Waals surface area contributed by atoms with Crippen LogP contribution in [0.1, 0.15) is 26.3 Å². The van der Waals surface area contributed by atoms with Crippen LogP contribution in [0, 0.1) is 13.8 Å². The Kier molecular flexibility index (Phi) is 3.24. The zero-order chi connectivity index (χ0) is 10.8. The summed E-state index contributed by atoms with van der Waals surface area (Å²) in [6.45, 7) is 4.16. The minimum atomic E-state index is -0.353. The van der Waals surface area contributed by atoms with Crippen molar-refractivity contribution in [1.29, 1.82) is 0 Å². The van der Waals surface area contributed by atoms with Crippen LogP contribution in [0.4, 0.5) is 0 Å². The maximum Gasteiger partial charge on any atom is 0.0848 e. The highest BCUT2D eigenvalue weighted by molar-refractivity contribution is 7.12. The van der Waals surface area contributed by atoms with Gasteiger partial charge in [-0.3, -0.25) is 0 Å². The Labute approximate surface area is 98.0 Å². The van der Waals surface area contributed by atoms with E-state index in [-0.39, 0.29) is 6.10 Å². The molecule has 0 bridgehead atoms. The number of hydrogen-bond acceptors (Lipinski definition) is 3. The highest BCUT2D eigenvalue weighted by Gasteiger charge is 2.13. The maximum absolute atomic E-state index is 10.1. The number of aliphatic hydroxyl groups is 1. The minimum absolute atomic E-state index is 0.353. The molecule has 0 saturated heterocycles. The molecule has 0 aliphatic heterocycles. The molecule has 0 spiro atoms. The van der Waals surface area contributed by atoms with Gasteiger partial charge in [-0.25, -0.2) is 0 Å².